The van der Waals surface area contributed by atoms with Crippen molar-refractivity contribution in [2.75, 3.05) is 13.1 Å². The van der Waals surface area contributed by atoms with Gasteiger partial charge < -0.3 is 31.9 Å². The predicted molar refractivity (Wildman–Crippen MR) is 261 cm³/mol. The quantitative estimate of drug-likeness (QED) is 0.0571. The molecule has 0 unspecified atom stereocenters. The zero-order valence-corrected chi connectivity index (χ0v) is 39.6. The van der Waals surface area contributed by atoms with E-state index >= 15 is 0 Å². The van der Waals surface area contributed by atoms with Gasteiger partial charge in [0, 0.05) is 35.7 Å². The summed E-state index contributed by atoms with van der Waals surface area (Å²) in [6, 6.07) is 34.4. The van der Waals surface area contributed by atoms with Crippen LogP contribution in [0.1, 0.15) is 62.8 Å². The normalized spacial score (nSPS) is 20.2. The Labute approximate surface area is 396 Å². The zero-order valence-electron chi connectivity index (χ0n) is 37.9. The molecular weight excluding hydrogens is 873 g/mol. The lowest BCUT2D eigenvalue weighted by Crippen LogP contribution is -2.58. The Morgan fingerprint density at radius 3 is 1.14 bits per heavy atom. The predicted octanol–water partition coefficient (Wildman–Crippen LogP) is 3.71. The van der Waals surface area contributed by atoms with E-state index in [-0.39, 0.29) is 61.4 Å². The average Bonchev–Trinajstić information content (AvgIpc) is 3.81. The summed E-state index contributed by atoms with van der Waals surface area (Å²) in [6.45, 7) is 9.05. The van der Waals surface area contributed by atoms with E-state index in [1.807, 2.05) is 149 Å². The van der Waals surface area contributed by atoms with E-state index in [2.05, 4.69) is 42.5 Å². The van der Waals surface area contributed by atoms with E-state index in [9.17, 15) is 28.8 Å². The highest BCUT2D eigenvalue weighted by molar-refractivity contribution is 8.01. The van der Waals surface area contributed by atoms with Gasteiger partial charge in [-0.1, -0.05) is 121 Å². The monoisotopic (exact) mass is 934 g/mol. The van der Waals surface area contributed by atoms with Gasteiger partial charge in [0.2, 0.25) is 35.4 Å². The third-order valence-electron chi connectivity index (χ3n) is 11.5. The van der Waals surface area contributed by atoms with Crippen LogP contribution in [-0.2, 0) is 54.7 Å². The van der Waals surface area contributed by atoms with Crippen molar-refractivity contribution < 1.29 is 28.8 Å². The maximum Gasteiger partial charge on any atom is 0.245 e. The van der Waals surface area contributed by atoms with Crippen molar-refractivity contribution in [3.63, 3.8) is 0 Å². The summed E-state index contributed by atoms with van der Waals surface area (Å²) in [4.78, 5) is 81.3. The van der Waals surface area contributed by atoms with Gasteiger partial charge >= 0.3 is 0 Å². The maximum absolute atomic E-state index is 13.7. The number of amides is 6. The number of hydrogen-bond acceptors (Lipinski definition) is 10. The van der Waals surface area contributed by atoms with Gasteiger partial charge in [-0.15, -0.1) is 23.5 Å². The highest BCUT2D eigenvalue weighted by atomic mass is 32.2. The van der Waals surface area contributed by atoms with Gasteiger partial charge in [0.1, 0.15) is 24.2 Å². The van der Waals surface area contributed by atoms with Gasteiger partial charge in [-0.3, -0.25) is 39.4 Å². The molecule has 0 bridgehead atoms. The van der Waals surface area contributed by atoms with E-state index < -0.39 is 44.4 Å². The second kappa shape index (κ2) is 23.7. The number of hydrogen-bond donors (Lipinski definition) is 8. The van der Waals surface area contributed by atoms with Crippen LogP contribution in [-0.4, -0.2) is 92.9 Å². The molecule has 6 rings (SSSR count). The molecule has 2 aliphatic heterocycles. The summed E-state index contributed by atoms with van der Waals surface area (Å²) in [6.07, 6.45) is 1.39. The lowest BCUT2D eigenvalue weighted by atomic mass is 10.0. The van der Waals surface area contributed by atoms with Crippen LogP contribution in [0, 0.1) is 0 Å². The van der Waals surface area contributed by atoms with Gasteiger partial charge in [0.25, 0.3) is 0 Å². The highest BCUT2D eigenvalue weighted by Crippen LogP contribution is 2.40. The minimum atomic E-state index is -0.954. The smallest absolute Gasteiger partial charge is 0.245 e. The first-order valence-corrected chi connectivity index (χ1v) is 24.2. The van der Waals surface area contributed by atoms with Gasteiger partial charge in [-0.05, 0) is 62.8 Å². The molecule has 16 heteroatoms. The van der Waals surface area contributed by atoms with Crippen molar-refractivity contribution >= 4 is 59.0 Å². The van der Waals surface area contributed by atoms with Gasteiger partial charge in [0.05, 0.1) is 23.6 Å². The summed E-state index contributed by atoms with van der Waals surface area (Å²) in [7, 11) is 0. The first-order chi connectivity index (χ1) is 31.7. The van der Waals surface area contributed by atoms with Crippen LogP contribution in [0.5, 0.6) is 0 Å². The number of rotatable bonds is 21. The average molecular weight is 935 g/mol. The first-order valence-electron chi connectivity index (χ1n) is 22.4. The molecular formula is C50H62N8O6S2. The molecule has 2 heterocycles. The van der Waals surface area contributed by atoms with Gasteiger partial charge in [-0.2, -0.15) is 0 Å². The van der Waals surface area contributed by atoms with Crippen LogP contribution in [0.4, 0.5) is 0 Å². The van der Waals surface area contributed by atoms with Crippen molar-refractivity contribution in [1.29, 1.82) is 0 Å². The molecule has 6 atom stereocenters. The molecule has 4 aromatic carbocycles. The van der Waals surface area contributed by atoms with Crippen LogP contribution >= 0.6 is 23.5 Å². The molecule has 14 nitrogen and oxygen atoms in total. The molecule has 2 aliphatic rings. The fourth-order valence-electron chi connectivity index (χ4n) is 7.94. The SMILES string of the molecule is CC1(C)S[C@H]([C@H](NC(=O)Cc2ccccc2)C(=O)NCc2ccccc2)N[C@H]1C(=O)NCCCCNC(=O)[C@@H]1N[C@@H]([C@H](NC(=O)Cc2ccccc2)C(=O)NCc2ccccc2)SC1(C)C. The Balaban J connectivity index is 0.983. The molecule has 8 N–H and O–H groups in total. The summed E-state index contributed by atoms with van der Waals surface area (Å²) in [5.74, 6) is -1.77. The number of thioether (sulfide) groups is 2. The molecule has 2 fully saturated rings. The van der Waals surface area contributed by atoms with Crippen LogP contribution < -0.4 is 42.5 Å². The fraction of sp³-hybridized carbons (Fsp3) is 0.400. The van der Waals surface area contributed by atoms with Crippen LogP contribution in [0.3, 0.4) is 0 Å². The zero-order chi connectivity index (χ0) is 47.1. The molecule has 66 heavy (non-hydrogen) atoms. The van der Waals surface area contributed by atoms with Crippen LogP contribution in [0.25, 0.3) is 0 Å². The third-order valence-corrected chi connectivity index (χ3v) is 14.5. The molecule has 0 aliphatic carbocycles. The van der Waals surface area contributed by atoms with Crippen molar-refractivity contribution in [2.24, 2.45) is 0 Å². The fourth-order valence-corrected chi connectivity index (χ4v) is 10.9. The van der Waals surface area contributed by atoms with E-state index in [4.69, 9.17) is 0 Å². The Kier molecular flexibility index (Phi) is 17.8. The summed E-state index contributed by atoms with van der Waals surface area (Å²) >= 11 is 2.87. The molecule has 0 radical (unpaired) electrons. The number of carbonyl (C=O) groups excluding carboxylic acids is 6. The largest absolute Gasteiger partial charge is 0.355 e. The van der Waals surface area contributed by atoms with Crippen LogP contribution in [0.15, 0.2) is 121 Å². The molecule has 0 spiro atoms. The lowest BCUT2D eigenvalue weighted by Gasteiger charge is -2.25. The lowest BCUT2D eigenvalue weighted by molar-refractivity contribution is -0.129. The Morgan fingerprint density at radius 1 is 0.485 bits per heavy atom. The summed E-state index contributed by atoms with van der Waals surface area (Å²) < 4.78 is -1.23. The Bertz CT molecular complexity index is 2100. The second-order valence-corrected chi connectivity index (χ2v) is 21.2. The van der Waals surface area contributed by atoms with E-state index in [0.717, 1.165) is 22.3 Å². The Hall–Kier alpha value is -5.68. The maximum atomic E-state index is 13.7. The highest BCUT2D eigenvalue weighted by Gasteiger charge is 2.50. The number of benzene rings is 4. The van der Waals surface area contributed by atoms with E-state index in [0.29, 0.717) is 25.9 Å². The minimum absolute atomic E-state index is 0.104. The van der Waals surface area contributed by atoms with Crippen molar-refractivity contribution in [1.82, 2.24) is 42.5 Å². The molecule has 4 aromatic rings. The molecule has 2 saturated heterocycles. The third kappa shape index (κ3) is 14.4. The summed E-state index contributed by atoms with van der Waals surface area (Å²) in [5.41, 5.74) is 3.48. The van der Waals surface area contributed by atoms with E-state index in [1.165, 1.54) is 23.5 Å². The molecule has 350 valence electrons. The summed E-state index contributed by atoms with van der Waals surface area (Å²) in [5, 5.41) is 23.4. The van der Waals surface area contributed by atoms with Crippen molar-refractivity contribution in [3.8, 4) is 0 Å². The first kappa shape index (κ1) is 49.7. The van der Waals surface area contributed by atoms with Crippen molar-refractivity contribution in [3.05, 3.63) is 144 Å². The molecule has 0 saturated carbocycles. The van der Waals surface area contributed by atoms with Gasteiger partial charge in [-0.25, -0.2) is 0 Å². The standard InChI is InChI=1S/C50H62N8O6S2/c1-49(2)41(57-47(65-49)39(43(61)53-31-35-23-13-7-14-24-35)55-37(59)29-33-19-9-5-10-20-33)45(63)51-27-17-18-28-52-46(64)42-50(3,4)66-48(58-42)40(44(62)54-32-36-25-15-8-16-26-36)56-38(60)30-34-21-11-6-12-22-34/h5-16,19-26,39-42,47-48,57-58H,17-18,27-32H2,1-4H3,(H,51,63)(H,52,64)(H,53,61)(H,54,62)(H,55,59)(H,56,60)/t39-,40-,41+,42+,47-,48-/m1/s1. The topological polar surface area (TPSA) is 199 Å². The minimum Gasteiger partial charge on any atom is -0.355 e. The number of carbonyl (C=O) groups is 6. The van der Waals surface area contributed by atoms with E-state index in [1.54, 1.807) is 0 Å². The molecule has 6 amide bonds. The van der Waals surface area contributed by atoms with Crippen molar-refractivity contribution in [2.45, 2.75) is 111 Å². The Morgan fingerprint density at radius 2 is 0.803 bits per heavy atom. The number of nitrogens with one attached hydrogen (secondary N) is 8. The van der Waals surface area contributed by atoms with Gasteiger partial charge in [0.15, 0.2) is 0 Å². The van der Waals surface area contributed by atoms with Crippen LogP contribution in [0.2, 0.25) is 0 Å². The molecule has 0 aromatic heterocycles. The number of unbranched alkanes of at least 4 members (excludes halogenated alkanes) is 1. The second-order valence-electron chi connectivity index (χ2n) is 17.6.